The molecule has 1 heterocycles. The Morgan fingerprint density at radius 3 is 2.20 bits per heavy atom. The molecule has 0 bridgehead atoms. The number of carboxylic acids is 1. The third kappa shape index (κ3) is 6.30. The number of nitrogens with two attached hydrogens (primary N) is 1. The number of carbonyl (C=O) groups is 1. The molecule has 0 spiro atoms. The molecule has 0 aliphatic carbocycles. The van der Waals surface area contributed by atoms with Gasteiger partial charge in [-0.15, -0.1) is 0 Å². The lowest BCUT2D eigenvalue weighted by Crippen LogP contribution is -2.05. The van der Waals surface area contributed by atoms with Crippen LogP contribution in [0.5, 0.6) is 0 Å². The molecule has 0 atom stereocenters. The van der Waals surface area contributed by atoms with Crippen molar-refractivity contribution in [3.8, 4) is 0 Å². The molecule has 1 aromatic rings. The van der Waals surface area contributed by atoms with E-state index in [0.717, 1.165) is 25.4 Å². The first-order valence-corrected chi connectivity index (χ1v) is 3.70. The summed E-state index contributed by atoms with van der Waals surface area (Å²) >= 11 is 0. The molecule has 0 unspecified atom stereocenters. The zero-order valence-electron chi connectivity index (χ0n) is 7.75. The minimum atomic E-state index is -4.36. The van der Waals surface area contributed by atoms with Crippen molar-refractivity contribution in [3.63, 3.8) is 0 Å². The van der Waals surface area contributed by atoms with E-state index in [-0.39, 0.29) is 5.69 Å². The Balaban J connectivity index is 0.000000423. The predicted octanol–water partition coefficient (Wildman–Crippen LogP) is 1.77. The fourth-order valence-corrected chi connectivity index (χ4v) is 0.613. The number of aromatic nitrogens is 1. The summed E-state index contributed by atoms with van der Waals surface area (Å²) < 4.78 is 35.6. The largest absolute Gasteiger partial charge is 0.481 e. The molecule has 3 N–H and O–H groups in total. The highest BCUT2D eigenvalue weighted by Gasteiger charge is 2.30. The molecule has 4 nitrogen and oxygen atoms in total. The Bertz CT molecular complexity index is 335. The van der Waals surface area contributed by atoms with Crippen LogP contribution in [0.2, 0.25) is 0 Å². The van der Waals surface area contributed by atoms with Crippen LogP contribution in [-0.4, -0.2) is 16.1 Å². The molecule has 0 amide bonds. The van der Waals surface area contributed by atoms with Crippen LogP contribution < -0.4 is 5.73 Å². The third-order valence-corrected chi connectivity index (χ3v) is 1.09. The van der Waals surface area contributed by atoms with Gasteiger partial charge in [0.05, 0.1) is 11.3 Å². The number of aliphatic carboxylic acids is 1. The van der Waals surface area contributed by atoms with Crippen molar-refractivity contribution in [1.82, 2.24) is 4.98 Å². The number of nitrogens with zero attached hydrogens (tertiary/aromatic N) is 1. The molecule has 0 aliphatic rings. The van der Waals surface area contributed by atoms with E-state index in [1.54, 1.807) is 0 Å². The van der Waals surface area contributed by atoms with Crippen LogP contribution in [0.25, 0.3) is 0 Å². The number of rotatable bonds is 0. The average molecular weight is 222 g/mol. The second kappa shape index (κ2) is 5.18. The van der Waals surface area contributed by atoms with E-state index in [2.05, 4.69) is 4.98 Å². The molecule has 1 aromatic heterocycles. The van der Waals surface area contributed by atoms with Gasteiger partial charge in [-0.2, -0.15) is 13.2 Å². The molecule has 15 heavy (non-hydrogen) atoms. The van der Waals surface area contributed by atoms with Gasteiger partial charge in [-0.05, 0) is 6.07 Å². The highest BCUT2D eigenvalue weighted by molar-refractivity contribution is 5.62. The van der Waals surface area contributed by atoms with Gasteiger partial charge in [-0.3, -0.25) is 9.78 Å². The molecule has 0 saturated carbocycles. The third-order valence-electron chi connectivity index (χ3n) is 1.09. The number of alkyl halides is 3. The van der Waals surface area contributed by atoms with Gasteiger partial charge in [0.2, 0.25) is 0 Å². The van der Waals surface area contributed by atoms with Crippen LogP contribution in [-0.2, 0) is 11.0 Å². The fourth-order valence-electron chi connectivity index (χ4n) is 0.613. The van der Waals surface area contributed by atoms with Crippen molar-refractivity contribution in [2.24, 2.45) is 0 Å². The zero-order valence-corrected chi connectivity index (χ0v) is 7.75. The Hall–Kier alpha value is -1.79. The van der Waals surface area contributed by atoms with Gasteiger partial charge in [0.25, 0.3) is 5.97 Å². The monoisotopic (exact) mass is 222 g/mol. The molecule has 0 aromatic carbocycles. The predicted molar refractivity (Wildman–Crippen MR) is 47.0 cm³/mol. The number of nitrogen functional groups attached to an aromatic ring is 1. The Kier molecular flexibility index (Phi) is 4.56. The van der Waals surface area contributed by atoms with E-state index in [0.29, 0.717) is 0 Å². The van der Waals surface area contributed by atoms with Crippen molar-refractivity contribution in [3.05, 3.63) is 24.0 Å². The molecule has 0 aliphatic heterocycles. The fraction of sp³-hybridized carbons (Fsp3) is 0.250. The van der Waals surface area contributed by atoms with Crippen molar-refractivity contribution in [2.75, 3.05) is 5.73 Å². The van der Waals surface area contributed by atoms with Gasteiger partial charge >= 0.3 is 6.18 Å². The standard InChI is InChI=1S/C6H5F3N2.C2H4O2/c7-6(8,9)4-1-5(10)3-11-2-4;1-2(3)4/h1-3H,10H2;1H3,(H,3,4). The molecule has 0 radical (unpaired) electrons. The summed E-state index contributed by atoms with van der Waals surface area (Å²) in [5.41, 5.74) is 4.28. The van der Waals surface area contributed by atoms with Crippen molar-refractivity contribution in [1.29, 1.82) is 0 Å². The van der Waals surface area contributed by atoms with E-state index in [9.17, 15) is 13.2 Å². The van der Waals surface area contributed by atoms with Crippen LogP contribution in [0, 0.1) is 0 Å². The molecule has 1 rings (SSSR count). The van der Waals surface area contributed by atoms with Gasteiger partial charge in [-0.25, -0.2) is 0 Å². The quantitative estimate of drug-likeness (QED) is 0.701. The number of hydrogen-bond acceptors (Lipinski definition) is 3. The van der Waals surface area contributed by atoms with E-state index in [1.807, 2.05) is 0 Å². The molecular formula is C8H9F3N2O2. The van der Waals surface area contributed by atoms with Gasteiger partial charge in [0, 0.05) is 19.3 Å². The summed E-state index contributed by atoms with van der Waals surface area (Å²) in [7, 11) is 0. The number of anilines is 1. The highest BCUT2D eigenvalue weighted by Crippen LogP contribution is 2.29. The van der Waals surface area contributed by atoms with E-state index < -0.39 is 17.7 Å². The lowest BCUT2D eigenvalue weighted by molar-refractivity contribution is -0.138. The van der Waals surface area contributed by atoms with Crippen LogP contribution in [0.15, 0.2) is 18.5 Å². The maximum absolute atomic E-state index is 11.9. The summed E-state index contributed by atoms with van der Waals surface area (Å²) in [4.78, 5) is 12.3. The number of pyridine rings is 1. The van der Waals surface area contributed by atoms with Crippen LogP contribution >= 0.6 is 0 Å². The van der Waals surface area contributed by atoms with Gasteiger partial charge in [0.15, 0.2) is 0 Å². The number of hydrogen-bond donors (Lipinski definition) is 2. The topological polar surface area (TPSA) is 76.2 Å². The molecular weight excluding hydrogens is 213 g/mol. The van der Waals surface area contributed by atoms with E-state index in [1.165, 1.54) is 0 Å². The molecule has 0 fully saturated rings. The zero-order chi connectivity index (χ0) is 12.1. The normalized spacial score (nSPS) is 10.1. The SMILES string of the molecule is CC(=O)O.Nc1cncc(C(F)(F)F)c1. The number of halogens is 3. The maximum atomic E-state index is 11.9. The lowest BCUT2D eigenvalue weighted by Gasteiger charge is -2.04. The van der Waals surface area contributed by atoms with E-state index in [4.69, 9.17) is 15.6 Å². The average Bonchev–Trinajstić information content (AvgIpc) is 2.01. The number of carboxylic acid groups (broad SMARTS) is 1. The van der Waals surface area contributed by atoms with E-state index >= 15 is 0 Å². The summed E-state index contributed by atoms with van der Waals surface area (Å²) in [5, 5.41) is 7.42. The molecule has 7 heteroatoms. The van der Waals surface area contributed by atoms with Crippen LogP contribution in [0.4, 0.5) is 18.9 Å². The second-order valence-corrected chi connectivity index (χ2v) is 2.52. The minimum absolute atomic E-state index is 0.0137. The first-order chi connectivity index (χ1) is 6.73. The first-order valence-electron chi connectivity index (χ1n) is 3.70. The highest BCUT2D eigenvalue weighted by atomic mass is 19.4. The summed E-state index contributed by atoms with van der Waals surface area (Å²) in [6, 6.07) is 0.840. The Labute approximate surface area is 83.5 Å². The lowest BCUT2D eigenvalue weighted by atomic mass is 10.2. The Morgan fingerprint density at radius 1 is 1.47 bits per heavy atom. The second-order valence-electron chi connectivity index (χ2n) is 2.52. The molecule has 0 saturated heterocycles. The first kappa shape index (κ1) is 13.2. The minimum Gasteiger partial charge on any atom is -0.481 e. The smallest absolute Gasteiger partial charge is 0.417 e. The van der Waals surface area contributed by atoms with Gasteiger partial charge < -0.3 is 10.8 Å². The van der Waals surface area contributed by atoms with Crippen molar-refractivity contribution in [2.45, 2.75) is 13.1 Å². The van der Waals surface area contributed by atoms with Crippen molar-refractivity contribution < 1.29 is 23.1 Å². The van der Waals surface area contributed by atoms with Gasteiger partial charge in [-0.1, -0.05) is 0 Å². The molecule has 84 valence electrons. The Morgan fingerprint density at radius 2 is 1.93 bits per heavy atom. The van der Waals surface area contributed by atoms with Crippen molar-refractivity contribution >= 4 is 11.7 Å². The van der Waals surface area contributed by atoms with Crippen LogP contribution in [0.3, 0.4) is 0 Å². The van der Waals surface area contributed by atoms with Crippen LogP contribution in [0.1, 0.15) is 12.5 Å². The maximum Gasteiger partial charge on any atom is 0.417 e. The summed E-state index contributed by atoms with van der Waals surface area (Å²) in [6.07, 6.45) is -2.46. The summed E-state index contributed by atoms with van der Waals surface area (Å²) in [6.45, 7) is 1.08. The summed E-state index contributed by atoms with van der Waals surface area (Å²) in [5.74, 6) is -0.833. The van der Waals surface area contributed by atoms with Gasteiger partial charge in [0.1, 0.15) is 0 Å².